The summed E-state index contributed by atoms with van der Waals surface area (Å²) in [5, 5.41) is 2.93. The van der Waals surface area contributed by atoms with Gasteiger partial charge in [0.1, 0.15) is 0 Å². The number of carbonyl (C=O) groups is 1. The smallest absolute Gasteiger partial charge is 0.321 e. The van der Waals surface area contributed by atoms with Gasteiger partial charge in [-0.15, -0.1) is 0 Å². The molecular weight excluding hydrogens is 322 g/mol. The minimum atomic E-state index is -0.0420. The number of urea groups is 1. The van der Waals surface area contributed by atoms with E-state index in [1.165, 1.54) is 29.5 Å². The van der Waals surface area contributed by atoms with Gasteiger partial charge in [0.05, 0.1) is 11.9 Å². The van der Waals surface area contributed by atoms with Crippen LogP contribution in [0.5, 0.6) is 0 Å². The van der Waals surface area contributed by atoms with Crippen LogP contribution in [0.2, 0.25) is 0 Å². The minimum Gasteiger partial charge on any atom is -0.324 e. The van der Waals surface area contributed by atoms with Crippen LogP contribution in [0.3, 0.4) is 0 Å². The SMILES string of the molecule is CC1CN(C(=O)Nc2cccnc2)CC/C1=C\c1cccc(C2CC2)c1. The van der Waals surface area contributed by atoms with E-state index < -0.39 is 0 Å². The van der Waals surface area contributed by atoms with Gasteiger partial charge in [-0.05, 0) is 54.4 Å². The highest BCUT2D eigenvalue weighted by Gasteiger charge is 2.25. The molecule has 1 aromatic carbocycles. The fraction of sp³-hybridized carbons (Fsp3) is 0.364. The molecule has 2 aliphatic rings. The molecule has 1 aliphatic heterocycles. The molecule has 0 bridgehead atoms. The third kappa shape index (κ3) is 3.96. The van der Waals surface area contributed by atoms with E-state index in [1.807, 2.05) is 17.0 Å². The van der Waals surface area contributed by atoms with Crippen molar-refractivity contribution < 1.29 is 4.79 Å². The number of anilines is 1. The zero-order chi connectivity index (χ0) is 17.9. The van der Waals surface area contributed by atoms with Crippen LogP contribution in [-0.2, 0) is 0 Å². The Morgan fingerprint density at radius 2 is 2.15 bits per heavy atom. The quantitative estimate of drug-likeness (QED) is 0.857. The molecule has 1 atom stereocenters. The molecule has 134 valence electrons. The summed E-state index contributed by atoms with van der Waals surface area (Å²) < 4.78 is 0. The Kier molecular flexibility index (Phi) is 4.74. The Bertz CT molecular complexity index is 811. The van der Waals surface area contributed by atoms with Gasteiger partial charge < -0.3 is 10.2 Å². The molecule has 1 unspecified atom stereocenters. The number of piperidine rings is 1. The average molecular weight is 347 g/mol. The second kappa shape index (κ2) is 7.32. The summed E-state index contributed by atoms with van der Waals surface area (Å²) in [5.74, 6) is 1.15. The molecule has 1 N–H and O–H groups in total. The molecule has 1 aliphatic carbocycles. The lowest BCUT2D eigenvalue weighted by atomic mass is 9.91. The van der Waals surface area contributed by atoms with Gasteiger partial charge in [0.15, 0.2) is 0 Å². The molecule has 4 heteroatoms. The summed E-state index contributed by atoms with van der Waals surface area (Å²) >= 11 is 0. The molecule has 2 aromatic rings. The summed E-state index contributed by atoms with van der Waals surface area (Å²) in [5.41, 5.74) is 4.94. The number of carbonyl (C=O) groups excluding carboxylic acids is 1. The molecule has 2 fully saturated rings. The van der Waals surface area contributed by atoms with Gasteiger partial charge in [0.2, 0.25) is 0 Å². The number of rotatable bonds is 3. The van der Waals surface area contributed by atoms with Crippen LogP contribution < -0.4 is 5.32 Å². The fourth-order valence-corrected chi connectivity index (χ4v) is 3.62. The minimum absolute atomic E-state index is 0.0420. The van der Waals surface area contributed by atoms with Crippen molar-refractivity contribution in [3.8, 4) is 0 Å². The van der Waals surface area contributed by atoms with E-state index in [-0.39, 0.29) is 6.03 Å². The first-order valence-corrected chi connectivity index (χ1v) is 9.45. The monoisotopic (exact) mass is 347 g/mol. The second-order valence-corrected chi connectivity index (χ2v) is 7.43. The highest BCUT2D eigenvalue weighted by molar-refractivity contribution is 5.89. The molecule has 4 rings (SSSR count). The van der Waals surface area contributed by atoms with E-state index in [0.29, 0.717) is 5.92 Å². The number of nitrogens with zero attached hydrogens (tertiary/aromatic N) is 2. The largest absolute Gasteiger partial charge is 0.324 e. The van der Waals surface area contributed by atoms with Crippen LogP contribution in [-0.4, -0.2) is 29.0 Å². The second-order valence-electron chi connectivity index (χ2n) is 7.43. The van der Waals surface area contributed by atoms with E-state index in [4.69, 9.17) is 0 Å². The van der Waals surface area contributed by atoms with Crippen LogP contribution in [0.15, 0.2) is 54.4 Å². The molecule has 26 heavy (non-hydrogen) atoms. The van der Waals surface area contributed by atoms with Crippen molar-refractivity contribution in [1.29, 1.82) is 0 Å². The van der Waals surface area contributed by atoms with Crippen LogP contribution in [0.4, 0.5) is 10.5 Å². The Balaban J connectivity index is 1.40. The molecule has 1 aromatic heterocycles. The van der Waals surface area contributed by atoms with E-state index in [2.05, 4.69) is 47.6 Å². The van der Waals surface area contributed by atoms with Gasteiger partial charge in [-0.1, -0.05) is 42.8 Å². The number of amides is 2. The van der Waals surface area contributed by atoms with Crippen LogP contribution in [0, 0.1) is 5.92 Å². The van der Waals surface area contributed by atoms with Gasteiger partial charge in [-0.25, -0.2) is 4.79 Å². The van der Waals surface area contributed by atoms with Crippen molar-refractivity contribution in [3.05, 3.63) is 65.5 Å². The predicted molar refractivity (Wildman–Crippen MR) is 105 cm³/mol. The number of hydrogen-bond acceptors (Lipinski definition) is 2. The predicted octanol–water partition coefficient (Wildman–Crippen LogP) is 4.92. The third-order valence-corrected chi connectivity index (χ3v) is 5.31. The molecule has 2 heterocycles. The summed E-state index contributed by atoms with van der Waals surface area (Å²) in [7, 11) is 0. The first-order chi connectivity index (χ1) is 12.7. The Morgan fingerprint density at radius 1 is 1.27 bits per heavy atom. The highest BCUT2D eigenvalue weighted by atomic mass is 16.2. The maximum absolute atomic E-state index is 12.5. The third-order valence-electron chi connectivity index (χ3n) is 5.31. The lowest BCUT2D eigenvalue weighted by molar-refractivity contribution is 0.198. The number of nitrogens with one attached hydrogen (secondary N) is 1. The zero-order valence-electron chi connectivity index (χ0n) is 15.2. The molecule has 1 saturated carbocycles. The molecule has 2 amide bonds. The fourth-order valence-electron chi connectivity index (χ4n) is 3.62. The highest BCUT2D eigenvalue weighted by Crippen LogP contribution is 2.40. The Morgan fingerprint density at radius 3 is 2.88 bits per heavy atom. The topological polar surface area (TPSA) is 45.2 Å². The Hall–Kier alpha value is -2.62. The molecule has 1 saturated heterocycles. The number of hydrogen-bond donors (Lipinski definition) is 1. The lowest BCUT2D eigenvalue weighted by Crippen LogP contribution is -2.42. The Labute approximate surface area is 154 Å². The van der Waals surface area contributed by atoms with Crippen molar-refractivity contribution in [1.82, 2.24) is 9.88 Å². The first-order valence-electron chi connectivity index (χ1n) is 9.45. The number of benzene rings is 1. The van der Waals surface area contributed by atoms with Crippen LogP contribution >= 0.6 is 0 Å². The summed E-state index contributed by atoms with van der Waals surface area (Å²) in [6.45, 7) is 3.71. The summed E-state index contributed by atoms with van der Waals surface area (Å²) in [6.07, 6.45) is 9.29. The van der Waals surface area contributed by atoms with Gasteiger partial charge in [-0.3, -0.25) is 4.98 Å². The van der Waals surface area contributed by atoms with Crippen LogP contribution in [0.1, 0.15) is 43.2 Å². The maximum Gasteiger partial charge on any atom is 0.321 e. The first kappa shape index (κ1) is 16.8. The van der Waals surface area contributed by atoms with Crippen LogP contribution in [0.25, 0.3) is 6.08 Å². The summed E-state index contributed by atoms with van der Waals surface area (Å²) in [6, 6.07) is 12.6. The van der Waals surface area contributed by atoms with E-state index in [9.17, 15) is 4.79 Å². The normalized spacial score (nSPS) is 21.7. The van der Waals surface area contributed by atoms with Crippen molar-refractivity contribution in [2.75, 3.05) is 18.4 Å². The van der Waals surface area contributed by atoms with Crippen molar-refractivity contribution >= 4 is 17.8 Å². The number of pyridine rings is 1. The van der Waals surface area contributed by atoms with Gasteiger partial charge in [-0.2, -0.15) is 0 Å². The van der Waals surface area contributed by atoms with E-state index >= 15 is 0 Å². The standard InChI is InChI=1S/C22H25N3O/c1-16-15-25(22(26)24-21-6-3-10-23-14-21)11-9-19(16)12-17-4-2-5-20(13-17)18-7-8-18/h2-6,10,12-14,16,18H,7-9,11,15H2,1H3,(H,24,26)/b19-12+. The maximum atomic E-state index is 12.5. The number of aromatic nitrogens is 1. The van der Waals surface area contributed by atoms with Gasteiger partial charge in [0, 0.05) is 19.3 Å². The summed E-state index contributed by atoms with van der Waals surface area (Å²) in [4.78, 5) is 18.4. The molecule has 0 spiro atoms. The van der Waals surface area contributed by atoms with E-state index in [0.717, 1.165) is 31.1 Å². The average Bonchev–Trinajstić information content (AvgIpc) is 3.50. The van der Waals surface area contributed by atoms with Crippen molar-refractivity contribution in [2.24, 2.45) is 5.92 Å². The van der Waals surface area contributed by atoms with Gasteiger partial charge in [0.25, 0.3) is 0 Å². The van der Waals surface area contributed by atoms with E-state index in [1.54, 1.807) is 12.4 Å². The van der Waals surface area contributed by atoms with Crippen molar-refractivity contribution in [2.45, 2.75) is 32.1 Å². The van der Waals surface area contributed by atoms with Crippen molar-refractivity contribution in [3.63, 3.8) is 0 Å². The molecule has 4 nitrogen and oxygen atoms in total. The van der Waals surface area contributed by atoms with Gasteiger partial charge >= 0.3 is 6.03 Å². The molecule has 0 radical (unpaired) electrons. The number of likely N-dealkylation sites (tertiary alicyclic amines) is 1. The zero-order valence-corrected chi connectivity index (χ0v) is 15.2. The molecular formula is C22H25N3O. The lowest BCUT2D eigenvalue weighted by Gasteiger charge is -2.33.